The molecular formula is C21H26N2O3S2. The van der Waals surface area contributed by atoms with Crippen molar-refractivity contribution in [1.82, 2.24) is 9.29 Å². The van der Waals surface area contributed by atoms with Crippen molar-refractivity contribution in [2.45, 2.75) is 55.2 Å². The number of ketones is 1. The molecule has 28 heavy (non-hydrogen) atoms. The molecular weight excluding hydrogens is 392 g/mol. The highest BCUT2D eigenvalue weighted by Gasteiger charge is 2.26. The van der Waals surface area contributed by atoms with Crippen LogP contribution in [0, 0.1) is 13.8 Å². The van der Waals surface area contributed by atoms with Crippen LogP contribution in [0.3, 0.4) is 0 Å². The fourth-order valence-corrected chi connectivity index (χ4v) is 5.62. The maximum absolute atomic E-state index is 12.8. The van der Waals surface area contributed by atoms with E-state index in [2.05, 4.69) is 4.98 Å². The van der Waals surface area contributed by atoms with Crippen LogP contribution >= 0.6 is 11.8 Å². The lowest BCUT2D eigenvalue weighted by molar-refractivity contribution is 0.0993. The van der Waals surface area contributed by atoms with Gasteiger partial charge in [-0.15, -0.1) is 0 Å². The van der Waals surface area contributed by atoms with Crippen LogP contribution in [0.15, 0.2) is 46.5 Å². The number of pyridine rings is 1. The Bertz CT molecular complexity index is 950. The average Bonchev–Trinajstić information content (AvgIpc) is 2.70. The van der Waals surface area contributed by atoms with Crippen molar-refractivity contribution in [3.05, 3.63) is 53.2 Å². The first kappa shape index (κ1) is 21.0. The van der Waals surface area contributed by atoms with E-state index in [-0.39, 0.29) is 15.9 Å². The fraction of sp³-hybridized carbons (Fsp3) is 0.429. The summed E-state index contributed by atoms with van der Waals surface area (Å²) in [4.78, 5) is 17.3. The van der Waals surface area contributed by atoms with Crippen LogP contribution in [0.5, 0.6) is 0 Å². The molecule has 2 heterocycles. The number of nitrogens with zero attached hydrogens (tertiary/aromatic N) is 2. The van der Waals surface area contributed by atoms with E-state index in [1.807, 2.05) is 39.0 Å². The molecule has 5 nitrogen and oxygen atoms in total. The number of benzene rings is 1. The lowest BCUT2D eigenvalue weighted by Gasteiger charge is -2.25. The third kappa shape index (κ3) is 4.64. The van der Waals surface area contributed by atoms with Crippen molar-refractivity contribution in [2.75, 3.05) is 13.1 Å². The Kier molecular flexibility index (Phi) is 6.58. The molecule has 0 N–H and O–H groups in total. The maximum Gasteiger partial charge on any atom is 0.244 e. The Hall–Kier alpha value is -1.70. The molecule has 1 fully saturated rings. The van der Waals surface area contributed by atoms with Crippen molar-refractivity contribution in [2.24, 2.45) is 0 Å². The Morgan fingerprint density at radius 2 is 1.82 bits per heavy atom. The third-order valence-electron chi connectivity index (χ3n) is 4.99. The summed E-state index contributed by atoms with van der Waals surface area (Å²) in [5, 5.41) is 0.335. The molecule has 0 unspecified atom stereocenters. The zero-order chi connectivity index (χ0) is 20.3. The number of carbonyl (C=O) groups excluding carboxylic acids is 1. The van der Waals surface area contributed by atoms with Gasteiger partial charge in [0.1, 0.15) is 4.90 Å². The summed E-state index contributed by atoms with van der Waals surface area (Å²) >= 11 is 1.35. The number of rotatable bonds is 6. The highest BCUT2D eigenvalue weighted by molar-refractivity contribution is 8.00. The molecule has 1 aliphatic heterocycles. The van der Waals surface area contributed by atoms with E-state index >= 15 is 0 Å². The van der Waals surface area contributed by atoms with Gasteiger partial charge in [0.15, 0.2) is 5.78 Å². The van der Waals surface area contributed by atoms with Gasteiger partial charge in [-0.2, -0.15) is 4.31 Å². The lowest BCUT2D eigenvalue weighted by Crippen LogP contribution is -2.35. The van der Waals surface area contributed by atoms with Crippen LogP contribution in [0.25, 0.3) is 0 Å². The zero-order valence-electron chi connectivity index (χ0n) is 16.5. The number of sulfonamides is 1. The Morgan fingerprint density at radius 1 is 1.11 bits per heavy atom. The molecule has 3 rings (SSSR count). The number of aryl methyl sites for hydroxylation is 2. The molecule has 1 aromatic heterocycles. The summed E-state index contributed by atoms with van der Waals surface area (Å²) in [7, 11) is -3.48. The Balaban J connectivity index is 1.71. The van der Waals surface area contributed by atoms with Gasteiger partial charge in [-0.05, 0) is 57.4 Å². The van der Waals surface area contributed by atoms with E-state index in [1.54, 1.807) is 12.1 Å². The van der Waals surface area contributed by atoms with Crippen LogP contribution in [0.1, 0.15) is 47.7 Å². The van der Waals surface area contributed by atoms with Gasteiger partial charge in [-0.3, -0.25) is 4.79 Å². The minimum atomic E-state index is -3.48. The molecule has 1 aromatic carbocycles. The topological polar surface area (TPSA) is 67.3 Å². The third-order valence-corrected chi connectivity index (χ3v) is 7.92. The normalized spacial score (nSPS) is 16.7. The molecule has 1 atom stereocenters. The van der Waals surface area contributed by atoms with Gasteiger partial charge >= 0.3 is 0 Å². The first-order valence-corrected chi connectivity index (χ1v) is 11.9. The first-order valence-electron chi connectivity index (χ1n) is 9.53. The summed E-state index contributed by atoms with van der Waals surface area (Å²) in [6.45, 7) is 6.90. The van der Waals surface area contributed by atoms with Crippen LogP contribution in [-0.2, 0) is 10.0 Å². The van der Waals surface area contributed by atoms with Gasteiger partial charge in [0.05, 0.1) is 10.3 Å². The predicted molar refractivity (Wildman–Crippen MR) is 112 cm³/mol. The second-order valence-electron chi connectivity index (χ2n) is 7.24. The molecule has 0 spiro atoms. The SMILES string of the molecule is Cc1ccc(C)c(C(=O)[C@H](C)Sc2ccc(S(=O)(=O)N3CCCCC3)cn2)c1. The van der Waals surface area contributed by atoms with Crippen molar-refractivity contribution in [3.63, 3.8) is 0 Å². The van der Waals surface area contributed by atoms with Crippen molar-refractivity contribution in [1.29, 1.82) is 0 Å². The van der Waals surface area contributed by atoms with Gasteiger partial charge in [0, 0.05) is 24.8 Å². The molecule has 0 amide bonds. The summed E-state index contributed by atoms with van der Waals surface area (Å²) in [6.07, 6.45) is 4.28. The van der Waals surface area contributed by atoms with E-state index in [0.717, 1.165) is 36.0 Å². The van der Waals surface area contributed by atoms with Crippen LogP contribution in [-0.4, -0.2) is 41.8 Å². The summed E-state index contributed by atoms with van der Waals surface area (Å²) < 4.78 is 27.0. The highest BCUT2D eigenvalue weighted by atomic mass is 32.2. The molecule has 0 radical (unpaired) electrons. The summed E-state index contributed by atoms with van der Waals surface area (Å²) in [5.74, 6) is 0.0537. The molecule has 7 heteroatoms. The molecule has 2 aromatic rings. The Labute approximate surface area is 171 Å². The zero-order valence-corrected chi connectivity index (χ0v) is 18.1. The minimum absolute atomic E-state index is 0.0537. The van der Waals surface area contributed by atoms with Crippen LogP contribution in [0.2, 0.25) is 0 Å². The Morgan fingerprint density at radius 3 is 2.46 bits per heavy atom. The van der Waals surface area contributed by atoms with Gasteiger partial charge in [-0.1, -0.05) is 35.9 Å². The first-order chi connectivity index (χ1) is 13.3. The molecule has 1 saturated heterocycles. The summed E-state index contributed by atoms with van der Waals surface area (Å²) in [6, 6.07) is 9.14. The average molecular weight is 419 g/mol. The second-order valence-corrected chi connectivity index (χ2v) is 10.5. The smallest absolute Gasteiger partial charge is 0.244 e. The van der Waals surface area contributed by atoms with E-state index in [1.165, 1.54) is 22.3 Å². The number of hydrogen-bond acceptors (Lipinski definition) is 5. The van der Waals surface area contributed by atoms with Gasteiger partial charge in [0.2, 0.25) is 10.0 Å². The van der Waals surface area contributed by atoms with Crippen LogP contribution < -0.4 is 0 Å². The number of Topliss-reactive ketones (excluding diaryl/α,β-unsaturated/α-hetero) is 1. The van der Waals surface area contributed by atoms with E-state index < -0.39 is 10.0 Å². The monoisotopic (exact) mass is 418 g/mol. The number of thioether (sulfide) groups is 1. The van der Waals surface area contributed by atoms with Gasteiger partial charge in [-0.25, -0.2) is 13.4 Å². The largest absolute Gasteiger partial charge is 0.293 e. The van der Waals surface area contributed by atoms with Crippen molar-refractivity contribution in [3.8, 4) is 0 Å². The van der Waals surface area contributed by atoms with Crippen LogP contribution in [0.4, 0.5) is 0 Å². The predicted octanol–water partition coefficient (Wildman–Crippen LogP) is 4.24. The molecule has 0 aliphatic carbocycles. The van der Waals surface area contributed by atoms with E-state index in [0.29, 0.717) is 18.1 Å². The van der Waals surface area contributed by atoms with Gasteiger partial charge in [0.25, 0.3) is 0 Å². The molecule has 1 aliphatic rings. The minimum Gasteiger partial charge on any atom is -0.293 e. The standard InChI is InChI=1S/C21H26N2O3S2/c1-15-7-8-16(2)19(13-15)21(24)17(3)27-20-10-9-18(14-22-20)28(25,26)23-11-5-4-6-12-23/h7-10,13-14,17H,4-6,11-12H2,1-3H3/t17-/m0/s1. The van der Waals surface area contributed by atoms with Gasteiger partial charge < -0.3 is 0 Å². The lowest BCUT2D eigenvalue weighted by atomic mass is 10.0. The highest BCUT2D eigenvalue weighted by Crippen LogP contribution is 2.27. The number of aromatic nitrogens is 1. The van der Waals surface area contributed by atoms with E-state index in [4.69, 9.17) is 0 Å². The molecule has 150 valence electrons. The summed E-state index contributed by atoms with van der Waals surface area (Å²) in [5.41, 5.74) is 2.74. The number of carbonyl (C=O) groups is 1. The maximum atomic E-state index is 12.8. The van der Waals surface area contributed by atoms with E-state index in [9.17, 15) is 13.2 Å². The van der Waals surface area contributed by atoms with Crippen molar-refractivity contribution >= 4 is 27.6 Å². The molecule has 0 bridgehead atoms. The second kappa shape index (κ2) is 8.76. The number of piperidine rings is 1. The quantitative estimate of drug-likeness (QED) is 0.519. The molecule has 0 saturated carbocycles. The van der Waals surface area contributed by atoms with Crippen molar-refractivity contribution < 1.29 is 13.2 Å². The fourth-order valence-electron chi connectivity index (χ4n) is 3.30. The number of hydrogen-bond donors (Lipinski definition) is 0.